The molecule has 0 aliphatic carbocycles. The smallest absolute Gasteiger partial charge is 0.406 e. The Kier molecular flexibility index (Phi) is 2.58. The molecule has 0 aromatic carbocycles. The minimum atomic E-state index is -1.24. The Labute approximate surface area is 39.3 Å². The second-order valence-corrected chi connectivity index (χ2v) is 0.769. The summed E-state index contributed by atoms with van der Waals surface area (Å²) in [6.45, 7) is -0.380. The van der Waals surface area contributed by atoms with Gasteiger partial charge in [-0.2, -0.15) is 0 Å². The second-order valence-electron chi connectivity index (χ2n) is 0.769. The summed E-state index contributed by atoms with van der Waals surface area (Å²) >= 11 is 0. The van der Waals surface area contributed by atoms with Crippen LogP contribution in [0.25, 0.3) is 0 Å². The molecule has 0 radical (unpaired) electrons. The molecule has 40 valence electrons. The van der Waals surface area contributed by atoms with Crippen LogP contribution in [0, 0.1) is 4.91 Å². The first-order valence-corrected chi connectivity index (χ1v) is 1.53. The monoisotopic (exact) mass is 104 g/mol. The number of nitrogens with zero attached hydrogens (tertiary/aromatic N) is 1. The van der Waals surface area contributed by atoms with Crippen molar-refractivity contribution in [3.63, 3.8) is 0 Å². The van der Waals surface area contributed by atoms with Gasteiger partial charge in [-0.1, -0.05) is 0 Å². The van der Waals surface area contributed by atoms with Crippen LogP contribution >= 0.6 is 0 Å². The number of nitrogens with one attached hydrogen (secondary N) is 1. The quantitative estimate of drug-likeness (QED) is 0.483. The fourth-order valence-corrected chi connectivity index (χ4v) is 0.0999. The van der Waals surface area contributed by atoms with E-state index in [9.17, 15) is 4.79 Å². The summed E-state index contributed by atoms with van der Waals surface area (Å²) in [6, 6.07) is 0. The van der Waals surface area contributed by atoms with Gasteiger partial charge in [0.25, 0.3) is 0 Å². The van der Waals surface area contributed by atoms with Crippen molar-refractivity contribution in [1.29, 1.82) is 0 Å². The fraction of sp³-hybridized carbons (Fsp3) is 0.500. The number of nitroso groups, excluding NO2 is 1. The molecule has 0 aromatic heterocycles. The molecule has 0 spiro atoms. The van der Waals surface area contributed by atoms with Crippen molar-refractivity contribution in [2.24, 2.45) is 5.18 Å². The van der Waals surface area contributed by atoms with Crippen molar-refractivity contribution in [1.82, 2.24) is 5.32 Å². The Hall–Kier alpha value is -1.13. The Morgan fingerprint density at radius 3 is 2.57 bits per heavy atom. The molecule has 0 atom stereocenters. The van der Waals surface area contributed by atoms with Gasteiger partial charge >= 0.3 is 6.09 Å². The summed E-state index contributed by atoms with van der Waals surface area (Å²) in [5.41, 5.74) is 0. The Morgan fingerprint density at radius 2 is 2.43 bits per heavy atom. The molecule has 5 nitrogen and oxygen atoms in total. The van der Waals surface area contributed by atoms with Crippen LogP contribution in [0.3, 0.4) is 0 Å². The van der Waals surface area contributed by atoms with Gasteiger partial charge in [-0.15, -0.1) is 4.91 Å². The Bertz CT molecular complexity index is 81.0. The number of amides is 1. The van der Waals surface area contributed by atoms with Crippen molar-refractivity contribution in [3.8, 4) is 0 Å². The molecular weight excluding hydrogens is 100 g/mol. The maximum atomic E-state index is 9.45. The van der Waals surface area contributed by atoms with Gasteiger partial charge < -0.3 is 5.11 Å². The van der Waals surface area contributed by atoms with Crippen molar-refractivity contribution < 1.29 is 9.90 Å². The predicted octanol–water partition coefficient (Wildman–Crippen LogP) is -0.0221. The summed E-state index contributed by atoms with van der Waals surface area (Å²) in [4.78, 5) is 18.6. The van der Waals surface area contributed by atoms with E-state index in [0.717, 1.165) is 0 Å². The van der Waals surface area contributed by atoms with Gasteiger partial charge in [-0.05, 0) is 5.18 Å². The lowest BCUT2D eigenvalue weighted by atomic mass is 11.0. The normalized spacial score (nSPS) is 7.43. The molecule has 0 saturated carbocycles. The minimum Gasteiger partial charge on any atom is -0.465 e. The Balaban J connectivity index is 2.97. The molecular formula is C2H4N2O3. The zero-order chi connectivity index (χ0) is 5.70. The molecule has 1 amide bonds. The molecule has 0 aliphatic rings. The first kappa shape index (κ1) is 5.87. The zero-order valence-corrected chi connectivity index (χ0v) is 3.42. The van der Waals surface area contributed by atoms with Gasteiger partial charge in [-0.3, -0.25) is 5.32 Å². The van der Waals surface area contributed by atoms with E-state index >= 15 is 0 Å². The molecule has 0 aliphatic heterocycles. The molecule has 0 heterocycles. The predicted molar refractivity (Wildman–Crippen MR) is 21.8 cm³/mol. The molecule has 0 aromatic rings. The molecule has 0 bridgehead atoms. The van der Waals surface area contributed by atoms with Crippen LogP contribution in [0.2, 0.25) is 0 Å². The Morgan fingerprint density at radius 1 is 1.86 bits per heavy atom. The van der Waals surface area contributed by atoms with Crippen molar-refractivity contribution in [3.05, 3.63) is 4.91 Å². The van der Waals surface area contributed by atoms with E-state index in [4.69, 9.17) is 10.0 Å². The van der Waals surface area contributed by atoms with Gasteiger partial charge in [0.2, 0.25) is 0 Å². The van der Waals surface area contributed by atoms with E-state index in [1.807, 2.05) is 0 Å². The highest BCUT2D eigenvalue weighted by atomic mass is 16.4. The third-order valence-corrected chi connectivity index (χ3v) is 0.295. The standard InChI is InChI=1S/C2H4N2O3/c5-2(6)3-1-4-7/h3H,1H2,(H,5,6). The third kappa shape index (κ3) is 4.87. The number of hydrogen-bond acceptors (Lipinski definition) is 3. The topological polar surface area (TPSA) is 78.8 Å². The van der Waals surface area contributed by atoms with Crippen LogP contribution < -0.4 is 5.32 Å². The number of carbonyl (C=O) groups is 1. The summed E-state index contributed by atoms with van der Waals surface area (Å²) in [6.07, 6.45) is -1.24. The molecule has 0 fully saturated rings. The van der Waals surface area contributed by atoms with Crippen LogP contribution in [-0.4, -0.2) is 17.9 Å². The number of carboxylic acid groups (broad SMARTS) is 1. The van der Waals surface area contributed by atoms with Crippen LogP contribution in [0.5, 0.6) is 0 Å². The zero-order valence-electron chi connectivity index (χ0n) is 3.42. The maximum absolute atomic E-state index is 9.45. The highest BCUT2D eigenvalue weighted by molar-refractivity contribution is 5.64. The van der Waals surface area contributed by atoms with Gasteiger partial charge in [0.15, 0.2) is 6.67 Å². The lowest BCUT2D eigenvalue weighted by molar-refractivity contribution is 0.195. The van der Waals surface area contributed by atoms with E-state index in [0.29, 0.717) is 0 Å². The van der Waals surface area contributed by atoms with Crippen molar-refractivity contribution >= 4 is 6.09 Å². The summed E-state index contributed by atoms with van der Waals surface area (Å²) in [7, 11) is 0. The van der Waals surface area contributed by atoms with E-state index in [2.05, 4.69) is 5.18 Å². The van der Waals surface area contributed by atoms with Crippen LogP contribution in [0.1, 0.15) is 0 Å². The summed E-state index contributed by atoms with van der Waals surface area (Å²) in [5.74, 6) is 0. The first-order chi connectivity index (χ1) is 3.27. The van der Waals surface area contributed by atoms with E-state index in [-0.39, 0.29) is 6.67 Å². The van der Waals surface area contributed by atoms with Gasteiger partial charge in [0.05, 0.1) is 0 Å². The average Bonchev–Trinajstić information content (AvgIpc) is 1.61. The molecule has 7 heavy (non-hydrogen) atoms. The highest BCUT2D eigenvalue weighted by Gasteiger charge is 1.87. The van der Waals surface area contributed by atoms with Gasteiger partial charge in [0.1, 0.15) is 0 Å². The third-order valence-electron chi connectivity index (χ3n) is 0.295. The van der Waals surface area contributed by atoms with Crippen LogP contribution in [-0.2, 0) is 0 Å². The first-order valence-electron chi connectivity index (χ1n) is 1.53. The number of rotatable bonds is 2. The largest absolute Gasteiger partial charge is 0.465 e. The average molecular weight is 104 g/mol. The molecule has 0 rings (SSSR count). The van der Waals surface area contributed by atoms with E-state index < -0.39 is 6.09 Å². The molecule has 5 heteroatoms. The van der Waals surface area contributed by atoms with Crippen LogP contribution in [0.15, 0.2) is 5.18 Å². The minimum absolute atomic E-state index is 0.380. The summed E-state index contributed by atoms with van der Waals surface area (Å²) < 4.78 is 0. The van der Waals surface area contributed by atoms with E-state index in [1.165, 1.54) is 0 Å². The SMILES string of the molecule is O=NCNC(=O)O. The molecule has 0 saturated heterocycles. The fourth-order valence-electron chi connectivity index (χ4n) is 0.0999. The van der Waals surface area contributed by atoms with Crippen LogP contribution in [0.4, 0.5) is 4.79 Å². The van der Waals surface area contributed by atoms with Crippen molar-refractivity contribution in [2.45, 2.75) is 0 Å². The van der Waals surface area contributed by atoms with Gasteiger partial charge in [-0.25, -0.2) is 4.79 Å². The number of hydrogen-bond donors (Lipinski definition) is 2. The maximum Gasteiger partial charge on any atom is 0.406 e. The summed E-state index contributed by atoms with van der Waals surface area (Å²) in [5, 5.41) is 11.7. The lowest BCUT2D eigenvalue weighted by Gasteiger charge is -1.85. The molecule has 2 N–H and O–H groups in total. The highest BCUT2D eigenvalue weighted by Crippen LogP contribution is 1.59. The van der Waals surface area contributed by atoms with Gasteiger partial charge in [0, 0.05) is 0 Å². The van der Waals surface area contributed by atoms with E-state index in [1.54, 1.807) is 5.32 Å². The molecule has 0 unspecified atom stereocenters. The second kappa shape index (κ2) is 3.08. The lowest BCUT2D eigenvalue weighted by Crippen LogP contribution is -2.19. The van der Waals surface area contributed by atoms with Crippen molar-refractivity contribution in [2.75, 3.05) is 6.67 Å².